The molecule has 1 aliphatic carbocycles. The maximum atomic E-state index is 6.59. The molecule has 4 heteroatoms. The first-order valence-electron chi connectivity index (χ1n) is 7.76. The number of hydrogen-bond donors (Lipinski definition) is 1. The van der Waals surface area contributed by atoms with E-state index in [1.54, 1.807) is 7.11 Å². The van der Waals surface area contributed by atoms with Gasteiger partial charge in [-0.05, 0) is 43.6 Å². The Bertz CT molecular complexity index is 429. The molecule has 1 fully saturated rings. The largest absolute Gasteiger partial charge is 0.376 e. The highest BCUT2D eigenvalue weighted by Gasteiger charge is 2.44. The number of ether oxygens (including phenoxy) is 1. The molecule has 1 aromatic rings. The van der Waals surface area contributed by atoms with Crippen molar-refractivity contribution >= 4 is 0 Å². The molecule has 1 heterocycles. The maximum Gasteiger partial charge on any atom is 0.0886 e. The minimum absolute atomic E-state index is 0.0994. The molecule has 0 aliphatic heterocycles. The normalized spacial score (nSPS) is 22.6. The van der Waals surface area contributed by atoms with Gasteiger partial charge >= 0.3 is 0 Å². The summed E-state index contributed by atoms with van der Waals surface area (Å²) in [5, 5.41) is 4.40. The van der Waals surface area contributed by atoms with Crippen LogP contribution in [0.1, 0.15) is 64.6 Å². The number of rotatable bonds is 5. The quantitative estimate of drug-likeness (QED) is 0.900. The van der Waals surface area contributed by atoms with E-state index in [0.29, 0.717) is 5.41 Å². The van der Waals surface area contributed by atoms with Crippen LogP contribution < -0.4 is 5.73 Å². The van der Waals surface area contributed by atoms with E-state index in [9.17, 15) is 0 Å². The molecule has 1 aromatic heterocycles. The van der Waals surface area contributed by atoms with E-state index < -0.39 is 0 Å². The third-order valence-corrected chi connectivity index (χ3v) is 4.93. The molecule has 0 bridgehead atoms. The van der Waals surface area contributed by atoms with Crippen molar-refractivity contribution in [2.45, 2.75) is 71.1 Å². The van der Waals surface area contributed by atoms with Crippen molar-refractivity contribution in [3.05, 3.63) is 18.0 Å². The third kappa shape index (κ3) is 2.91. The van der Waals surface area contributed by atoms with Gasteiger partial charge in [0.2, 0.25) is 0 Å². The SMILES string of the molecule is CCCn1nccc1C(N)C1(OC)CCC(C)(C)CC1. The average Bonchev–Trinajstić information content (AvgIpc) is 2.87. The van der Waals surface area contributed by atoms with Gasteiger partial charge in [-0.2, -0.15) is 5.10 Å². The summed E-state index contributed by atoms with van der Waals surface area (Å²) in [5.74, 6) is 0. The van der Waals surface area contributed by atoms with E-state index in [1.165, 1.54) is 0 Å². The zero-order valence-corrected chi connectivity index (χ0v) is 13.4. The summed E-state index contributed by atoms with van der Waals surface area (Å²) in [6.07, 6.45) is 7.28. The number of nitrogens with zero attached hydrogens (tertiary/aromatic N) is 2. The molecular weight excluding hydrogens is 250 g/mol. The fourth-order valence-corrected chi connectivity index (χ4v) is 3.27. The van der Waals surface area contributed by atoms with Gasteiger partial charge in [0, 0.05) is 19.9 Å². The monoisotopic (exact) mass is 279 g/mol. The highest BCUT2D eigenvalue weighted by Crippen LogP contribution is 2.46. The Morgan fingerprint density at radius 1 is 1.35 bits per heavy atom. The molecule has 1 atom stereocenters. The molecule has 4 nitrogen and oxygen atoms in total. The summed E-state index contributed by atoms with van der Waals surface area (Å²) in [6, 6.07) is 1.94. The summed E-state index contributed by atoms with van der Waals surface area (Å²) in [4.78, 5) is 0. The second-order valence-electron chi connectivity index (χ2n) is 6.89. The molecule has 0 aromatic carbocycles. The molecule has 0 amide bonds. The Morgan fingerprint density at radius 3 is 2.55 bits per heavy atom. The second-order valence-corrected chi connectivity index (χ2v) is 6.89. The van der Waals surface area contributed by atoms with Crippen molar-refractivity contribution in [3.8, 4) is 0 Å². The van der Waals surface area contributed by atoms with Crippen LogP contribution in [0.25, 0.3) is 0 Å². The summed E-state index contributed by atoms with van der Waals surface area (Å²) < 4.78 is 7.96. The van der Waals surface area contributed by atoms with Crippen molar-refractivity contribution in [1.29, 1.82) is 0 Å². The fourth-order valence-electron chi connectivity index (χ4n) is 3.27. The second kappa shape index (κ2) is 5.86. The summed E-state index contributed by atoms with van der Waals surface area (Å²) >= 11 is 0. The molecule has 1 saturated carbocycles. The number of hydrogen-bond acceptors (Lipinski definition) is 3. The highest BCUT2D eigenvalue weighted by atomic mass is 16.5. The van der Waals surface area contributed by atoms with Gasteiger partial charge in [0.15, 0.2) is 0 Å². The smallest absolute Gasteiger partial charge is 0.0886 e. The van der Waals surface area contributed by atoms with E-state index >= 15 is 0 Å². The summed E-state index contributed by atoms with van der Waals surface area (Å²) in [7, 11) is 1.80. The number of aromatic nitrogens is 2. The minimum Gasteiger partial charge on any atom is -0.376 e. The molecule has 114 valence electrons. The van der Waals surface area contributed by atoms with Gasteiger partial charge in [-0.3, -0.25) is 4.68 Å². The third-order valence-electron chi connectivity index (χ3n) is 4.93. The lowest BCUT2D eigenvalue weighted by Gasteiger charge is -2.45. The van der Waals surface area contributed by atoms with Crippen molar-refractivity contribution in [2.75, 3.05) is 7.11 Å². The van der Waals surface area contributed by atoms with Crippen LogP contribution in [0.5, 0.6) is 0 Å². The van der Waals surface area contributed by atoms with E-state index in [0.717, 1.165) is 44.3 Å². The van der Waals surface area contributed by atoms with Crippen LogP contribution in [0.2, 0.25) is 0 Å². The molecule has 2 N–H and O–H groups in total. The molecule has 0 saturated heterocycles. The van der Waals surface area contributed by atoms with E-state index in [4.69, 9.17) is 10.5 Å². The number of nitrogens with two attached hydrogens (primary N) is 1. The molecule has 0 radical (unpaired) electrons. The standard InChI is InChI=1S/C16H29N3O/c1-5-12-19-13(6-11-18-19)14(17)16(20-4)9-7-15(2,3)8-10-16/h6,11,14H,5,7-10,12,17H2,1-4H3. The number of methoxy groups -OCH3 is 1. The zero-order valence-electron chi connectivity index (χ0n) is 13.4. The van der Waals surface area contributed by atoms with Gasteiger partial charge in [-0.15, -0.1) is 0 Å². The molecule has 1 aliphatic rings. The Labute approximate surface area is 122 Å². The van der Waals surface area contributed by atoms with Crippen molar-refractivity contribution < 1.29 is 4.74 Å². The first kappa shape index (κ1) is 15.5. The molecule has 1 unspecified atom stereocenters. The van der Waals surface area contributed by atoms with Crippen molar-refractivity contribution in [2.24, 2.45) is 11.1 Å². The first-order chi connectivity index (χ1) is 9.44. The van der Waals surface area contributed by atoms with Gasteiger partial charge in [0.05, 0.1) is 17.3 Å². The lowest BCUT2D eigenvalue weighted by molar-refractivity contribution is -0.0809. The summed E-state index contributed by atoms with van der Waals surface area (Å²) in [5.41, 5.74) is 7.87. The Kier molecular flexibility index (Phi) is 4.55. The van der Waals surface area contributed by atoms with Gasteiger partial charge in [-0.25, -0.2) is 0 Å². The minimum atomic E-state index is -0.235. The highest BCUT2D eigenvalue weighted by molar-refractivity contribution is 5.14. The fraction of sp³-hybridized carbons (Fsp3) is 0.812. The Balaban J connectivity index is 2.21. The Hall–Kier alpha value is -0.870. The number of aryl methyl sites for hydroxylation is 1. The lowest BCUT2D eigenvalue weighted by atomic mass is 9.68. The van der Waals surface area contributed by atoms with Crippen molar-refractivity contribution in [3.63, 3.8) is 0 Å². The zero-order chi connectivity index (χ0) is 14.8. The molecule has 20 heavy (non-hydrogen) atoms. The first-order valence-corrected chi connectivity index (χ1v) is 7.76. The van der Waals surface area contributed by atoms with Crippen LogP contribution in [0.4, 0.5) is 0 Å². The lowest BCUT2D eigenvalue weighted by Crippen LogP contribution is -2.48. The van der Waals surface area contributed by atoms with Crippen molar-refractivity contribution in [1.82, 2.24) is 9.78 Å². The predicted octanol–water partition coefficient (Wildman–Crippen LogP) is 3.28. The van der Waals surface area contributed by atoms with Crippen LogP contribution in [-0.4, -0.2) is 22.5 Å². The maximum absolute atomic E-state index is 6.59. The topological polar surface area (TPSA) is 53.1 Å². The van der Waals surface area contributed by atoms with Crippen LogP contribution in [0.3, 0.4) is 0 Å². The van der Waals surface area contributed by atoms with Gasteiger partial charge in [0.1, 0.15) is 0 Å². The van der Waals surface area contributed by atoms with E-state index in [1.807, 2.05) is 16.9 Å². The van der Waals surface area contributed by atoms with Crippen LogP contribution >= 0.6 is 0 Å². The van der Waals surface area contributed by atoms with Crippen LogP contribution in [0.15, 0.2) is 12.3 Å². The van der Waals surface area contributed by atoms with E-state index in [2.05, 4.69) is 25.9 Å². The van der Waals surface area contributed by atoms with Crippen LogP contribution in [0, 0.1) is 5.41 Å². The Morgan fingerprint density at radius 2 is 2.00 bits per heavy atom. The van der Waals surface area contributed by atoms with Gasteiger partial charge in [-0.1, -0.05) is 20.8 Å². The van der Waals surface area contributed by atoms with Gasteiger partial charge in [0.25, 0.3) is 0 Å². The molecule has 0 spiro atoms. The van der Waals surface area contributed by atoms with E-state index in [-0.39, 0.29) is 11.6 Å². The predicted molar refractivity (Wildman–Crippen MR) is 81.4 cm³/mol. The summed E-state index contributed by atoms with van der Waals surface area (Å²) in [6.45, 7) is 7.74. The average molecular weight is 279 g/mol. The molecule has 2 rings (SSSR count). The molecular formula is C16H29N3O. The van der Waals surface area contributed by atoms with Crippen LogP contribution in [-0.2, 0) is 11.3 Å². The van der Waals surface area contributed by atoms with Gasteiger partial charge < -0.3 is 10.5 Å².